The lowest BCUT2D eigenvalue weighted by molar-refractivity contribution is 1.26. The number of aromatic nitrogens is 2. The number of nitrogens with two attached hydrogens (primary N) is 2. The maximum Gasteiger partial charge on any atom is 0.223 e. The lowest BCUT2D eigenvalue weighted by Gasteiger charge is -1.94. The van der Waals surface area contributed by atoms with Gasteiger partial charge in [0.15, 0.2) is 0 Å². The first kappa shape index (κ1) is 7.76. The molecule has 6 heteroatoms. The predicted octanol–water partition coefficient (Wildman–Crippen LogP) is 0.727. The second-order valence-corrected chi connectivity index (χ2v) is 3.44. The highest BCUT2D eigenvalue weighted by molar-refractivity contribution is 7.19. The lowest BCUT2D eigenvalue weighted by atomic mass is 10.3. The first-order chi connectivity index (χ1) is 6.20. The minimum Gasteiger partial charge on any atom is -0.383 e. The molecule has 0 atom stereocenters. The van der Waals surface area contributed by atoms with Gasteiger partial charge in [-0.3, -0.25) is 0 Å². The van der Waals surface area contributed by atoms with Crippen LogP contribution in [0.25, 0.3) is 10.2 Å². The minimum absolute atomic E-state index is 0.135. The number of thiophene rings is 1. The molecule has 4 N–H and O–H groups in total. The van der Waals surface area contributed by atoms with E-state index < -0.39 is 0 Å². The summed E-state index contributed by atoms with van der Waals surface area (Å²) in [6.07, 6.45) is 0. The molecule has 0 saturated heterocycles. The Morgan fingerprint density at radius 2 is 2.15 bits per heavy atom. The molecule has 0 aliphatic heterocycles. The molecule has 2 rings (SSSR count). The Kier molecular flexibility index (Phi) is 1.53. The lowest BCUT2D eigenvalue weighted by Crippen LogP contribution is -1.98. The van der Waals surface area contributed by atoms with Crippen molar-refractivity contribution < 1.29 is 0 Å². The monoisotopic (exact) mass is 191 g/mol. The summed E-state index contributed by atoms with van der Waals surface area (Å²) in [4.78, 5) is 8.96. The molecule has 2 aromatic rings. The van der Waals surface area contributed by atoms with Crippen LogP contribution in [0.15, 0.2) is 6.07 Å². The third-order valence-electron chi connectivity index (χ3n) is 1.55. The van der Waals surface area contributed by atoms with E-state index in [0.29, 0.717) is 20.9 Å². The molecule has 0 saturated carbocycles. The van der Waals surface area contributed by atoms with E-state index >= 15 is 0 Å². The molecule has 5 nitrogen and oxygen atoms in total. The van der Waals surface area contributed by atoms with Crippen molar-refractivity contribution in [2.24, 2.45) is 0 Å². The highest BCUT2D eigenvalue weighted by Gasteiger charge is 2.07. The minimum atomic E-state index is 0.135. The summed E-state index contributed by atoms with van der Waals surface area (Å²) in [6.45, 7) is 0. The molecule has 64 valence electrons. The second-order valence-electron chi connectivity index (χ2n) is 2.41. The molecule has 0 aromatic carbocycles. The van der Waals surface area contributed by atoms with Crippen molar-refractivity contribution in [3.05, 3.63) is 10.9 Å². The average molecular weight is 191 g/mol. The van der Waals surface area contributed by atoms with Gasteiger partial charge in [0.05, 0.1) is 5.39 Å². The molecule has 13 heavy (non-hydrogen) atoms. The van der Waals surface area contributed by atoms with Crippen LogP contribution in [0, 0.1) is 11.3 Å². The molecular formula is C7H5N5S. The summed E-state index contributed by atoms with van der Waals surface area (Å²) in [6, 6.07) is 3.68. The van der Waals surface area contributed by atoms with Crippen LogP contribution in [0.5, 0.6) is 0 Å². The van der Waals surface area contributed by atoms with Crippen molar-refractivity contribution in [3.8, 4) is 6.07 Å². The molecule has 0 amide bonds. The molecule has 0 bridgehead atoms. The fourth-order valence-electron chi connectivity index (χ4n) is 1.02. The largest absolute Gasteiger partial charge is 0.383 e. The fraction of sp³-hybridized carbons (Fsp3) is 0. The standard InChI is InChI=1S/C7H5N5S/c8-2-3-1-4-5(9)11-7(10)12-6(4)13-3/h1H,(H4,9,10,11,12). The topological polar surface area (TPSA) is 102 Å². The van der Waals surface area contributed by atoms with E-state index in [1.165, 1.54) is 11.3 Å². The number of rotatable bonds is 0. The van der Waals surface area contributed by atoms with Crippen molar-refractivity contribution in [1.82, 2.24) is 9.97 Å². The zero-order valence-corrected chi connectivity index (χ0v) is 7.30. The maximum absolute atomic E-state index is 8.64. The molecule has 0 spiro atoms. The Morgan fingerprint density at radius 3 is 2.85 bits per heavy atom. The van der Waals surface area contributed by atoms with Crippen LogP contribution in [0.2, 0.25) is 0 Å². The summed E-state index contributed by atoms with van der Waals surface area (Å²) in [5.74, 6) is 0.455. The van der Waals surface area contributed by atoms with Crippen LogP contribution in [0.3, 0.4) is 0 Å². The fourth-order valence-corrected chi connectivity index (χ4v) is 1.86. The third-order valence-corrected chi connectivity index (χ3v) is 2.48. The summed E-state index contributed by atoms with van der Waals surface area (Å²) in [5.41, 5.74) is 11.0. The van der Waals surface area contributed by atoms with Gasteiger partial charge >= 0.3 is 0 Å². The number of fused-ring (bicyclic) bond motifs is 1. The Morgan fingerprint density at radius 1 is 1.38 bits per heavy atom. The average Bonchev–Trinajstić information content (AvgIpc) is 2.47. The molecule has 0 aliphatic carbocycles. The van der Waals surface area contributed by atoms with Crippen molar-refractivity contribution in [2.45, 2.75) is 0 Å². The van der Waals surface area contributed by atoms with Crippen LogP contribution >= 0.6 is 11.3 Å². The zero-order valence-electron chi connectivity index (χ0n) is 6.48. The van der Waals surface area contributed by atoms with Gasteiger partial charge in [-0.05, 0) is 6.07 Å². The van der Waals surface area contributed by atoms with E-state index in [1.54, 1.807) is 6.07 Å². The van der Waals surface area contributed by atoms with Crippen LogP contribution in [0.1, 0.15) is 4.88 Å². The molecule has 2 heterocycles. The normalized spacial score (nSPS) is 10.1. The maximum atomic E-state index is 8.64. The molecule has 0 aliphatic rings. The van der Waals surface area contributed by atoms with Gasteiger partial charge < -0.3 is 11.5 Å². The quantitative estimate of drug-likeness (QED) is 0.639. The van der Waals surface area contributed by atoms with Gasteiger partial charge in [0, 0.05) is 0 Å². The van der Waals surface area contributed by atoms with Crippen molar-refractivity contribution in [1.29, 1.82) is 5.26 Å². The zero-order chi connectivity index (χ0) is 9.42. The van der Waals surface area contributed by atoms with Gasteiger partial charge in [0.2, 0.25) is 5.95 Å². The Labute approximate surface area is 77.6 Å². The number of nitrogen functional groups attached to an aromatic ring is 2. The van der Waals surface area contributed by atoms with Crippen LogP contribution in [0.4, 0.5) is 11.8 Å². The van der Waals surface area contributed by atoms with Crippen LogP contribution < -0.4 is 11.5 Å². The first-order valence-corrected chi connectivity index (χ1v) is 4.25. The summed E-state index contributed by atoms with van der Waals surface area (Å²) in [7, 11) is 0. The van der Waals surface area contributed by atoms with Gasteiger partial charge in [-0.15, -0.1) is 11.3 Å². The van der Waals surface area contributed by atoms with E-state index in [2.05, 4.69) is 9.97 Å². The predicted molar refractivity (Wildman–Crippen MR) is 51.0 cm³/mol. The third kappa shape index (κ3) is 1.15. The number of anilines is 2. The summed E-state index contributed by atoms with van der Waals surface area (Å²) >= 11 is 1.25. The number of hydrogen-bond donors (Lipinski definition) is 2. The Balaban J connectivity index is 2.84. The van der Waals surface area contributed by atoms with Gasteiger partial charge in [0.25, 0.3) is 0 Å². The summed E-state index contributed by atoms with van der Waals surface area (Å²) in [5, 5.41) is 9.33. The first-order valence-electron chi connectivity index (χ1n) is 3.43. The van der Waals surface area contributed by atoms with Gasteiger partial charge in [-0.25, -0.2) is 4.98 Å². The smallest absolute Gasteiger partial charge is 0.223 e. The summed E-state index contributed by atoms with van der Waals surface area (Å²) < 4.78 is 0. The van der Waals surface area contributed by atoms with Crippen molar-refractivity contribution >= 4 is 33.3 Å². The number of nitriles is 1. The van der Waals surface area contributed by atoms with Gasteiger partial charge in [-0.1, -0.05) is 0 Å². The van der Waals surface area contributed by atoms with E-state index in [0.717, 1.165) is 0 Å². The second kappa shape index (κ2) is 2.57. The van der Waals surface area contributed by atoms with Gasteiger partial charge in [0.1, 0.15) is 21.6 Å². The van der Waals surface area contributed by atoms with E-state index in [1.807, 2.05) is 6.07 Å². The Hall–Kier alpha value is -1.87. The van der Waals surface area contributed by atoms with E-state index in [-0.39, 0.29) is 5.95 Å². The highest BCUT2D eigenvalue weighted by Crippen LogP contribution is 2.27. The van der Waals surface area contributed by atoms with Crippen molar-refractivity contribution in [2.75, 3.05) is 11.5 Å². The van der Waals surface area contributed by atoms with E-state index in [9.17, 15) is 0 Å². The molecule has 0 radical (unpaired) electrons. The SMILES string of the molecule is N#Cc1cc2c(N)nc(N)nc2s1. The number of nitrogens with zero attached hydrogens (tertiary/aromatic N) is 3. The highest BCUT2D eigenvalue weighted by atomic mass is 32.1. The number of hydrogen-bond acceptors (Lipinski definition) is 6. The van der Waals surface area contributed by atoms with Crippen LogP contribution in [-0.2, 0) is 0 Å². The molecule has 0 unspecified atom stereocenters. The van der Waals surface area contributed by atoms with Gasteiger partial charge in [-0.2, -0.15) is 10.2 Å². The van der Waals surface area contributed by atoms with E-state index in [4.69, 9.17) is 16.7 Å². The Bertz CT molecular complexity index is 509. The van der Waals surface area contributed by atoms with Crippen LogP contribution in [-0.4, -0.2) is 9.97 Å². The molecule has 2 aromatic heterocycles. The molecule has 0 fully saturated rings. The van der Waals surface area contributed by atoms with Crippen molar-refractivity contribution in [3.63, 3.8) is 0 Å². The molecular weight excluding hydrogens is 186 g/mol.